The van der Waals surface area contributed by atoms with Crippen LogP contribution in [0.4, 0.5) is 4.39 Å². The van der Waals surface area contributed by atoms with Crippen LogP contribution in [0.25, 0.3) is 11.1 Å². The zero-order valence-electron chi connectivity index (χ0n) is 13.7. The van der Waals surface area contributed by atoms with Gasteiger partial charge in [-0.1, -0.05) is 24.3 Å². The Labute approximate surface area is 145 Å². The second-order valence-electron chi connectivity index (χ2n) is 6.12. The Kier molecular flexibility index (Phi) is 5.43. The monoisotopic (exact) mass is 342 g/mol. The SMILES string of the molecule is O=CO[C@H]1CC[C@H](OC(=O)c2ccc(-c3ccc(F)cc3)cc2)CC1. The van der Waals surface area contributed by atoms with Gasteiger partial charge < -0.3 is 9.47 Å². The van der Waals surface area contributed by atoms with Gasteiger partial charge in [0.05, 0.1) is 5.56 Å². The molecule has 0 amide bonds. The zero-order valence-corrected chi connectivity index (χ0v) is 13.7. The van der Waals surface area contributed by atoms with Gasteiger partial charge in [0.15, 0.2) is 0 Å². The van der Waals surface area contributed by atoms with E-state index in [1.807, 2.05) is 12.1 Å². The van der Waals surface area contributed by atoms with Crippen molar-refractivity contribution in [3.8, 4) is 11.1 Å². The fourth-order valence-corrected chi connectivity index (χ4v) is 3.03. The van der Waals surface area contributed by atoms with Gasteiger partial charge in [-0.25, -0.2) is 9.18 Å². The molecule has 0 bridgehead atoms. The summed E-state index contributed by atoms with van der Waals surface area (Å²) in [5.74, 6) is -0.636. The second-order valence-corrected chi connectivity index (χ2v) is 6.12. The topological polar surface area (TPSA) is 52.6 Å². The van der Waals surface area contributed by atoms with Gasteiger partial charge in [0.2, 0.25) is 0 Å². The number of hydrogen-bond acceptors (Lipinski definition) is 4. The minimum atomic E-state index is -0.356. The Morgan fingerprint density at radius 2 is 1.40 bits per heavy atom. The lowest BCUT2D eigenvalue weighted by atomic mass is 9.95. The van der Waals surface area contributed by atoms with E-state index in [0.717, 1.165) is 11.1 Å². The van der Waals surface area contributed by atoms with Crippen molar-refractivity contribution >= 4 is 12.4 Å². The Morgan fingerprint density at radius 3 is 1.96 bits per heavy atom. The van der Waals surface area contributed by atoms with Crippen molar-refractivity contribution in [1.82, 2.24) is 0 Å². The van der Waals surface area contributed by atoms with Crippen molar-refractivity contribution in [2.75, 3.05) is 0 Å². The summed E-state index contributed by atoms with van der Waals surface area (Å²) in [6.45, 7) is 0.472. The molecule has 0 unspecified atom stereocenters. The lowest BCUT2D eigenvalue weighted by Crippen LogP contribution is -2.28. The molecular weight excluding hydrogens is 323 g/mol. The van der Waals surface area contributed by atoms with Gasteiger partial charge in [-0.3, -0.25) is 4.79 Å². The Morgan fingerprint density at radius 1 is 0.880 bits per heavy atom. The molecule has 0 N–H and O–H groups in total. The molecule has 2 aromatic rings. The Bertz CT molecular complexity index is 716. The molecule has 0 aromatic heterocycles. The van der Waals surface area contributed by atoms with E-state index in [9.17, 15) is 14.0 Å². The van der Waals surface area contributed by atoms with Crippen LogP contribution in [0.5, 0.6) is 0 Å². The molecule has 2 aromatic carbocycles. The molecule has 25 heavy (non-hydrogen) atoms. The predicted octanol–water partition coefficient (Wildman–Crippen LogP) is 4.13. The van der Waals surface area contributed by atoms with Crippen LogP contribution in [0.3, 0.4) is 0 Å². The predicted molar refractivity (Wildman–Crippen MR) is 90.4 cm³/mol. The van der Waals surface area contributed by atoms with E-state index in [4.69, 9.17) is 9.47 Å². The average molecular weight is 342 g/mol. The summed E-state index contributed by atoms with van der Waals surface area (Å²) in [5, 5.41) is 0. The van der Waals surface area contributed by atoms with E-state index in [1.54, 1.807) is 24.3 Å². The van der Waals surface area contributed by atoms with Gasteiger partial charge in [-0.05, 0) is 61.1 Å². The second kappa shape index (κ2) is 7.92. The first-order valence-electron chi connectivity index (χ1n) is 8.32. The molecule has 0 spiro atoms. The molecule has 5 heteroatoms. The molecule has 1 saturated carbocycles. The molecule has 4 nitrogen and oxygen atoms in total. The lowest BCUT2D eigenvalue weighted by molar-refractivity contribution is -0.136. The van der Waals surface area contributed by atoms with Crippen molar-refractivity contribution in [1.29, 1.82) is 0 Å². The molecule has 1 aliphatic carbocycles. The summed E-state index contributed by atoms with van der Waals surface area (Å²) in [5.41, 5.74) is 2.27. The first kappa shape index (κ1) is 17.1. The number of benzene rings is 2. The van der Waals surface area contributed by atoms with Gasteiger partial charge in [-0.15, -0.1) is 0 Å². The van der Waals surface area contributed by atoms with E-state index < -0.39 is 0 Å². The molecule has 0 aliphatic heterocycles. The van der Waals surface area contributed by atoms with E-state index >= 15 is 0 Å². The van der Waals surface area contributed by atoms with Crippen molar-refractivity contribution in [3.05, 3.63) is 59.9 Å². The number of carbonyl (C=O) groups excluding carboxylic acids is 2. The average Bonchev–Trinajstić information content (AvgIpc) is 2.64. The summed E-state index contributed by atoms with van der Waals surface area (Å²) in [6.07, 6.45) is 2.59. The van der Waals surface area contributed by atoms with Crippen LogP contribution >= 0.6 is 0 Å². The highest BCUT2D eigenvalue weighted by Gasteiger charge is 2.25. The number of rotatable bonds is 5. The van der Waals surface area contributed by atoms with Crippen LogP contribution in [0.1, 0.15) is 36.0 Å². The van der Waals surface area contributed by atoms with Crippen LogP contribution in [-0.2, 0) is 14.3 Å². The zero-order chi connectivity index (χ0) is 17.6. The summed E-state index contributed by atoms with van der Waals surface area (Å²) >= 11 is 0. The van der Waals surface area contributed by atoms with Crippen molar-refractivity contribution in [2.45, 2.75) is 37.9 Å². The lowest BCUT2D eigenvalue weighted by Gasteiger charge is -2.27. The maximum absolute atomic E-state index is 13.0. The number of ether oxygens (including phenoxy) is 2. The van der Waals surface area contributed by atoms with Crippen molar-refractivity contribution < 1.29 is 23.5 Å². The number of hydrogen-bond donors (Lipinski definition) is 0. The Balaban J connectivity index is 1.58. The van der Waals surface area contributed by atoms with Crippen LogP contribution in [0.15, 0.2) is 48.5 Å². The molecule has 0 radical (unpaired) electrons. The third kappa shape index (κ3) is 4.44. The number of halogens is 1. The van der Waals surface area contributed by atoms with Gasteiger partial charge >= 0.3 is 5.97 Å². The van der Waals surface area contributed by atoms with E-state index in [0.29, 0.717) is 37.7 Å². The maximum Gasteiger partial charge on any atom is 0.338 e. The smallest absolute Gasteiger partial charge is 0.338 e. The van der Waals surface area contributed by atoms with Crippen molar-refractivity contribution in [3.63, 3.8) is 0 Å². The summed E-state index contributed by atoms with van der Waals surface area (Å²) in [6, 6.07) is 13.3. The first-order chi connectivity index (χ1) is 12.2. The standard InChI is InChI=1S/C20H19FO4/c21-17-7-5-15(6-8-17)14-1-3-16(4-2-14)20(23)25-19-11-9-18(10-12-19)24-13-22/h1-8,13,18-19H,9-12H2/t18-,19-. The molecule has 1 fully saturated rings. The third-order valence-electron chi connectivity index (χ3n) is 4.44. The normalized spacial score (nSPS) is 19.9. The number of esters is 1. The minimum Gasteiger partial charge on any atom is -0.465 e. The summed E-state index contributed by atoms with van der Waals surface area (Å²) < 4.78 is 23.4. The fraction of sp³-hybridized carbons (Fsp3) is 0.300. The van der Waals surface area contributed by atoms with Gasteiger partial charge in [0.25, 0.3) is 6.47 Å². The van der Waals surface area contributed by atoms with Crippen LogP contribution in [0, 0.1) is 5.82 Å². The first-order valence-corrected chi connectivity index (χ1v) is 8.32. The highest BCUT2D eigenvalue weighted by molar-refractivity contribution is 5.90. The number of carbonyl (C=O) groups is 2. The van der Waals surface area contributed by atoms with E-state index in [2.05, 4.69) is 0 Å². The third-order valence-corrected chi connectivity index (χ3v) is 4.44. The molecular formula is C20H19FO4. The maximum atomic E-state index is 13.0. The van der Waals surface area contributed by atoms with Crippen LogP contribution in [-0.4, -0.2) is 24.6 Å². The van der Waals surface area contributed by atoms with Crippen LogP contribution in [0.2, 0.25) is 0 Å². The highest BCUT2D eigenvalue weighted by Crippen LogP contribution is 2.25. The molecule has 130 valence electrons. The Hall–Kier alpha value is -2.69. The minimum absolute atomic E-state index is 0.0672. The van der Waals surface area contributed by atoms with E-state index in [1.165, 1.54) is 12.1 Å². The molecule has 1 aliphatic rings. The quantitative estimate of drug-likeness (QED) is 0.605. The van der Waals surface area contributed by atoms with Gasteiger partial charge in [0, 0.05) is 0 Å². The molecule has 0 heterocycles. The van der Waals surface area contributed by atoms with Crippen molar-refractivity contribution in [2.24, 2.45) is 0 Å². The van der Waals surface area contributed by atoms with Gasteiger partial charge in [0.1, 0.15) is 18.0 Å². The largest absolute Gasteiger partial charge is 0.465 e. The molecule has 3 rings (SSSR count). The molecule has 0 atom stereocenters. The van der Waals surface area contributed by atoms with Gasteiger partial charge in [-0.2, -0.15) is 0 Å². The van der Waals surface area contributed by atoms with Crippen LogP contribution < -0.4 is 0 Å². The molecule has 0 saturated heterocycles. The summed E-state index contributed by atoms with van der Waals surface area (Å²) in [7, 11) is 0. The highest BCUT2D eigenvalue weighted by atomic mass is 19.1. The van der Waals surface area contributed by atoms with E-state index in [-0.39, 0.29) is 24.0 Å². The fourth-order valence-electron chi connectivity index (χ4n) is 3.03. The summed E-state index contributed by atoms with van der Waals surface area (Å²) in [4.78, 5) is 22.6.